The van der Waals surface area contributed by atoms with E-state index in [1.165, 1.54) is 18.9 Å². The number of halogens is 1. The van der Waals surface area contributed by atoms with Crippen LogP contribution in [0, 0.1) is 23.6 Å². The van der Waals surface area contributed by atoms with Crippen LogP contribution in [0.15, 0.2) is 24.3 Å². The number of hydrogen-bond acceptors (Lipinski definition) is 2. The third-order valence-electron chi connectivity index (χ3n) is 4.69. The molecule has 0 bridgehead atoms. The van der Waals surface area contributed by atoms with E-state index in [1.54, 1.807) is 18.2 Å². The van der Waals surface area contributed by atoms with Gasteiger partial charge >= 0.3 is 0 Å². The second-order valence-electron chi connectivity index (χ2n) is 6.74. The number of ether oxygens (including phenoxy) is 1. The maximum Gasteiger partial charge on any atom is 0.129 e. The maximum atomic E-state index is 13.7. The molecule has 4 unspecified atom stereocenters. The van der Waals surface area contributed by atoms with Crippen LogP contribution in [0.4, 0.5) is 4.39 Å². The Balaban J connectivity index is 1.95. The third kappa shape index (κ3) is 4.27. The fourth-order valence-electron chi connectivity index (χ4n) is 3.36. The zero-order valence-corrected chi connectivity index (χ0v) is 13.3. The number of benzene rings is 1. The predicted octanol–water partition coefficient (Wildman–Crippen LogP) is 4.34. The van der Waals surface area contributed by atoms with E-state index >= 15 is 0 Å². The summed E-state index contributed by atoms with van der Waals surface area (Å²) in [6, 6.07) is 6.36. The standard InChI is InChI=1S/C18H27FO2/c1-12(2)14-9-8-13(3)10-18(14)21-11-17(20)15-6-4-5-7-16(15)19/h4-7,12-14,17-18,20H,8-11H2,1-3H3. The summed E-state index contributed by atoms with van der Waals surface area (Å²) < 4.78 is 19.6. The van der Waals surface area contributed by atoms with Crippen molar-refractivity contribution in [2.45, 2.75) is 52.2 Å². The zero-order valence-electron chi connectivity index (χ0n) is 13.3. The molecule has 1 aliphatic rings. The summed E-state index contributed by atoms with van der Waals surface area (Å²) in [6.07, 6.45) is 2.75. The van der Waals surface area contributed by atoms with Crippen LogP contribution in [0.3, 0.4) is 0 Å². The number of rotatable bonds is 5. The molecule has 1 aromatic rings. The molecule has 0 radical (unpaired) electrons. The highest BCUT2D eigenvalue weighted by Crippen LogP contribution is 2.35. The lowest BCUT2D eigenvalue weighted by Crippen LogP contribution is -2.35. The van der Waals surface area contributed by atoms with Gasteiger partial charge in [0.2, 0.25) is 0 Å². The zero-order chi connectivity index (χ0) is 15.4. The lowest BCUT2D eigenvalue weighted by molar-refractivity contribution is -0.0703. The molecule has 0 amide bonds. The highest BCUT2D eigenvalue weighted by Gasteiger charge is 2.31. The van der Waals surface area contributed by atoms with Gasteiger partial charge < -0.3 is 9.84 Å². The minimum absolute atomic E-state index is 0.168. The van der Waals surface area contributed by atoms with Crippen LogP contribution in [-0.2, 0) is 4.74 Å². The Hall–Kier alpha value is -0.930. The Morgan fingerprint density at radius 2 is 2.00 bits per heavy atom. The van der Waals surface area contributed by atoms with Gasteiger partial charge in [0, 0.05) is 5.56 Å². The van der Waals surface area contributed by atoms with Crippen molar-refractivity contribution in [3.05, 3.63) is 35.6 Å². The first-order chi connectivity index (χ1) is 9.99. The molecule has 1 saturated carbocycles. The van der Waals surface area contributed by atoms with Crippen molar-refractivity contribution in [3.63, 3.8) is 0 Å². The molecule has 2 rings (SSSR count). The van der Waals surface area contributed by atoms with Crippen LogP contribution in [0.2, 0.25) is 0 Å². The van der Waals surface area contributed by atoms with Gasteiger partial charge in [-0.05, 0) is 36.7 Å². The van der Waals surface area contributed by atoms with Crippen LogP contribution >= 0.6 is 0 Å². The quantitative estimate of drug-likeness (QED) is 0.875. The fraction of sp³-hybridized carbons (Fsp3) is 0.667. The Kier molecular flexibility index (Phi) is 5.77. The van der Waals surface area contributed by atoms with Gasteiger partial charge in [-0.3, -0.25) is 0 Å². The van der Waals surface area contributed by atoms with Crippen LogP contribution in [-0.4, -0.2) is 17.8 Å². The van der Waals surface area contributed by atoms with Crippen LogP contribution in [0.25, 0.3) is 0 Å². The third-order valence-corrected chi connectivity index (χ3v) is 4.69. The van der Waals surface area contributed by atoms with Crippen molar-refractivity contribution in [3.8, 4) is 0 Å². The molecule has 21 heavy (non-hydrogen) atoms. The number of aliphatic hydroxyl groups excluding tert-OH is 1. The van der Waals surface area contributed by atoms with Crippen LogP contribution < -0.4 is 0 Å². The fourth-order valence-corrected chi connectivity index (χ4v) is 3.36. The largest absolute Gasteiger partial charge is 0.386 e. The summed E-state index contributed by atoms with van der Waals surface area (Å²) in [7, 11) is 0. The molecule has 0 aliphatic heterocycles. The number of hydrogen-bond donors (Lipinski definition) is 1. The van der Waals surface area contributed by atoms with Crippen molar-refractivity contribution in [2.24, 2.45) is 17.8 Å². The molecular weight excluding hydrogens is 267 g/mol. The van der Waals surface area contributed by atoms with E-state index in [4.69, 9.17) is 4.74 Å². The molecule has 0 spiro atoms. The molecule has 1 aliphatic carbocycles. The van der Waals surface area contributed by atoms with Gasteiger partial charge in [-0.25, -0.2) is 4.39 Å². The van der Waals surface area contributed by atoms with Crippen LogP contribution in [0.5, 0.6) is 0 Å². The van der Waals surface area contributed by atoms with Gasteiger partial charge in [0.05, 0.1) is 12.7 Å². The Morgan fingerprint density at radius 1 is 1.29 bits per heavy atom. The average molecular weight is 294 g/mol. The highest BCUT2D eigenvalue weighted by molar-refractivity contribution is 5.19. The van der Waals surface area contributed by atoms with E-state index in [0.29, 0.717) is 23.3 Å². The summed E-state index contributed by atoms with van der Waals surface area (Å²) in [4.78, 5) is 0. The van der Waals surface area contributed by atoms with Crippen molar-refractivity contribution < 1.29 is 14.2 Å². The first kappa shape index (κ1) is 16.4. The summed E-state index contributed by atoms with van der Waals surface area (Å²) in [5, 5.41) is 10.2. The van der Waals surface area contributed by atoms with Gasteiger partial charge in [0.25, 0.3) is 0 Å². The van der Waals surface area contributed by atoms with Crippen molar-refractivity contribution in [2.75, 3.05) is 6.61 Å². The Morgan fingerprint density at radius 3 is 2.67 bits per heavy atom. The van der Waals surface area contributed by atoms with E-state index in [1.807, 2.05) is 0 Å². The van der Waals surface area contributed by atoms with Gasteiger partial charge in [-0.15, -0.1) is 0 Å². The normalized spacial score (nSPS) is 27.8. The smallest absolute Gasteiger partial charge is 0.129 e. The van der Waals surface area contributed by atoms with E-state index in [-0.39, 0.29) is 18.5 Å². The van der Waals surface area contributed by atoms with E-state index in [0.717, 1.165) is 6.42 Å². The average Bonchev–Trinajstić information content (AvgIpc) is 2.45. The molecule has 1 aromatic carbocycles. The van der Waals surface area contributed by atoms with Gasteiger partial charge in [-0.1, -0.05) is 45.4 Å². The molecule has 0 heterocycles. The minimum Gasteiger partial charge on any atom is -0.386 e. The Bertz CT molecular complexity index is 447. The lowest BCUT2D eigenvalue weighted by Gasteiger charge is -2.37. The van der Waals surface area contributed by atoms with Crippen molar-refractivity contribution in [1.82, 2.24) is 0 Å². The minimum atomic E-state index is -0.892. The van der Waals surface area contributed by atoms with E-state index < -0.39 is 6.10 Å². The van der Waals surface area contributed by atoms with Gasteiger partial charge in [0.1, 0.15) is 11.9 Å². The van der Waals surface area contributed by atoms with Crippen molar-refractivity contribution >= 4 is 0 Å². The second kappa shape index (κ2) is 7.37. The predicted molar refractivity (Wildman–Crippen MR) is 82.4 cm³/mol. The lowest BCUT2D eigenvalue weighted by atomic mass is 9.75. The first-order valence-electron chi connectivity index (χ1n) is 8.03. The topological polar surface area (TPSA) is 29.5 Å². The molecule has 1 N–H and O–H groups in total. The summed E-state index contributed by atoms with van der Waals surface area (Å²) in [6.45, 7) is 6.87. The first-order valence-corrected chi connectivity index (χ1v) is 8.03. The molecule has 4 atom stereocenters. The summed E-state index contributed by atoms with van der Waals surface area (Å²) in [5.74, 6) is 1.41. The van der Waals surface area contributed by atoms with E-state index in [2.05, 4.69) is 20.8 Å². The monoisotopic (exact) mass is 294 g/mol. The molecule has 3 heteroatoms. The van der Waals surface area contributed by atoms with Crippen LogP contribution in [0.1, 0.15) is 51.7 Å². The molecule has 118 valence electrons. The van der Waals surface area contributed by atoms with E-state index in [9.17, 15) is 9.50 Å². The summed E-state index contributed by atoms with van der Waals surface area (Å²) in [5.41, 5.74) is 0.322. The number of aliphatic hydroxyl groups is 1. The molecule has 0 saturated heterocycles. The van der Waals surface area contributed by atoms with Gasteiger partial charge in [-0.2, -0.15) is 0 Å². The maximum absolute atomic E-state index is 13.7. The molecule has 1 fully saturated rings. The Labute approximate surface area is 127 Å². The molecule has 0 aromatic heterocycles. The molecular formula is C18H27FO2. The van der Waals surface area contributed by atoms with Gasteiger partial charge in [0.15, 0.2) is 0 Å². The molecule has 2 nitrogen and oxygen atoms in total. The SMILES string of the molecule is CC1CCC(C(C)C)C(OCC(O)c2ccccc2F)C1. The summed E-state index contributed by atoms with van der Waals surface area (Å²) >= 11 is 0. The second-order valence-corrected chi connectivity index (χ2v) is 6.74. The van der Waals surface area contributed by atoms with Crippen molar-refractivity contribution in [1.29, 1.82) is 0 Å². The highest BCUT2D eigenvalue weighted by atomic mass is 19.1.